The summed E-state index contributed by atoms with van der Waals surface area (Å²) in [6.07, 6.45) is 6.30. The molecule has 0 aromatic carbocycles. The van der Waals surface area contributed by atoms with Crippen LogP contribution in [0.3, 0.4) is 0 Å². The summed E-state index contributed by atoms with van der Waals surface area (Å²) in [4.78, 5) is 24.6. The Labute approximate surface area is 108 Å². The molecule has 102 valence electrons. The van der Waals surface area contributed by atoms with Gasteiger partial charge in [0.05, 0.1) is 12.5 Å². The van der Waals surface area contributed by atoms with Crippen molar-refractivity contribution in [2.75, 3.05) is 19.6 Å². The number of rotatable bonds is 4. The van der Waals surface area contributed by atoms with Gasteiger partial charge in [-0.15, -0.1) is 0 Å². The van der Waals surface area contributed by atoms with E-state index in [0.717, 1.165) is 19.3 Å². The largest absolute Gasteiger partial charge is 0.481 e. The maximum atomic E-state index is 12.0. The smallest absolute Gasteiger partial charge is 0.308 e. The van der Waals surface area contributed by atoms with Crippen LogP contribution < -0.4 is 5.32 Å². The molecule has 1 saturated carbocycles. The van der Waals surface area contributed by atoms with Crippen LogP contribution in [0, 0.1) is 5.92 Å². The lowest BCUT2D eigenvalue weighted by atomic mass is 9.98. The van der Waals surface area contributed by atoms with E-state index in [0.29, 0.717) is 32.1 Å². The third kappa shape index (κ3) is 3.45. The van der Waals surface area contributed by atoms with E-state index >= 15 is 0 Å². The van der Waals surface area contributed by atoms with E-state index in [9.17, 15) is 9.59 Å². The Morgan fingerprint density at radius 2 is 1.89 bits per heavy atom. The number of nitrogens with one attached hydrogen (secondary N) is 1. The molecule has 1 aliphatic carbocycles. The molecular formula is C13H22N2O3. The second kappa shape index (κ2) is 6.18. The maximum absolute atomic E-state index is 12.0. The zero-order chi connectivity index (χ0) is 13.0. The van der Waals surface area contributed by atoms with E-state index in [2.05, 4.69) is 5.32 Å². The molecule has 2 N–H and O–H groups in total. The Hall–Kier alpha value is -1.10. The van der Waals surface area contributed by atoms with Crippen molar-refractivity contribution >= 4 is 11.9 Å². The topological polar surface area (TPSA) is 69.6 Å². The zero-order valence-corrected chi connectivity index (χ0v) is 10.7. The number of aliphatic carboxylic acids is 1. The minimum Gasteiger partial charge on any atom is -0.481 e. The highest BCUT2D eigenvalue weighted by Crippen LogP contribution is 2.18. The molecule has 2 fully saturated rings. The van der Waals surface area contributed by atoms with Gasteiger partial charge in [0.25, 0.3) is 0 Å². The second-order valence-corrected chi connectivity index (χ2v) is 5.38. The van der Waals surface area contributed by atoms with Gasteiger partial charge in [0.1, 0.15) is 0 Å². The van der Waals surface area contributed by atoms with Crippen LogP contribution >= 0.6 is 0 Å². The molecule has 0 radical (unpaired) electrons. The average Bonchev–Trinajstić information content (AvgIpc) is 2.89. The van der Waals surface area contributed by atoms with Gasteiger partial charge in [-0.2, -0.15) is 0 Å². The Bertz CT molecular complexity index is 313. The molecule has 2 rings (SSSR count). The second-order valence-electron chi connectivity index (χ2n) is 5.38. The predicted molar refractivity (Wildman–Crippen MR) is 67.2 cm³/mol. The highest BCUT2D eigenvalue weighted by molar-refractivity contribution is 5.79. The van der Waals surface area contributed by atoms with Gasteiger partial charge in [-0.1, -0.05) is 12.8 Å². The molecule has 0 spiro atoms. The quantitative estimate of drug-likeness (QED) is 0.780. The first kappa shape index (κ1) is 13.3. The Morgan fingerprint density at radius 1 is 1.17 bits per heavy atom. The number of amides is 1. The lowest BCUT2D eigenvalue weighted by Gasteiger charge is -2.31. The number of carboxylic acid groups (broad SMARTS) is 1. The van der Waals surface area contributed by atoms with Gasteiger partial charge in [0, 0.05) is 19.1 Å². The van der Waals surface area contributed by atoms with E-state index in [4.69, 9.17) is 5.11 Å². The van der Waals surface area contributed by atoms with Crippen molar-refractivity contribution in [1.82, 2.24) is 10.2 Å². The average molecular weight is 254 g/mol. The van der Waals surface area contributed by atoms with Crippen LogP contribution in [0.1, 0.15) is 38.5 Å². The van der Waals surface area contributed by atoms with Crippen molar-refractivity contribution in [2.45, 2.75) is 44.6 Å². The summed E-state index contributed by atoms with van der Waals surface area (Å²) in [5.74, 6) is -1.11. The number of likely N-dealkylation sites (tertiary alicyclic amines) is 1. The highest BCUT2D eigenvalue weighted by atomic mass is 16.4. The predicted octanol–water partition coefficient (Wildman–Crippen LogP) is 0.842. The first-order valence-electron chi connectivity index (χ1n) is 6.91. The molecule has 1 amide bonds. The zero-order valence-electron chi connectivity index (χ0n) is 10.7. The van der Waals surface area contributed by atoms with E-state index in [1.54, 1.807) is 4.90 Å². The number of piperidine rings is 1. The standard InChI is InChI=1S/C13H22N2O3/c16-12(8-14-11-5-1-2-6-11)15-7-3-4-10(9-15)13(17)18/h10-11,14H,1-9H2,(H,17,18). The Kier molecular flexibility index (Phi) is 4.58. The van der Waals surface area contributed by atoms with E-state index in [-0.39, 0.29) is 11.8 Å². The van der Waals surface area contributed by atoms with Crippen molar-refractivity contribution in [1.29, 1.82) is 0 Å². The molecular weight excluding hydrogens is 232 g/mol. The molecule has 1 heterocycles. The molecule has 5 heteroatoms. The van der Waals surface area contributed by atoms with Crippen LogP contribution in [0.2, 0.25) is 0 Å². The van der Waals surface area contributed by atoms with Crippen LogP contribution in [-0.4, -0.2) is 47.6 Å². The summed E-state index contributed by atoms with van der Waals surface area (Å²) >= 11 is 0. The maximum Gasteiger partial charge on any atom is 0.308 e. The lowest BCUT2D eigenvalue weighted by Crippen LogP contribution is -2.46. The first-order valence-corrected chi connectivity index (χ1v) is 6.91. The van der Waals surface area contributed by atoms with Gasteiger partial charge in [-0.25, -0.2) is 0 Å². The fourth-order valence-corrected chi connectivity index (χ4v) is 2.88. The lowest BCUT2D eigenvalue weighted by molar-refractivity contribution is -0.145. The van der Waals surface area contributed by atoms with Crippen molar-refractivity contribution in [2.24, 2.45) is 5.92 Å². The molecule has 0 aromatic heterocycles. The molecule has 1 saturated heterocycles. The van der Waals surface area contributed by atoms with Crippen LogP contribution in [0.4, 0.5) is 0 Å². The fraction of sp³-hybridized carbons (Fsp3) is 0.846. The minimum atomic E-state index is -0.781. The summed E-state index contributed by atoms with van der Waals surface area (Å²) < 4.78 is 0. The van der Waals surface area contributed by atoms with Gasteiger partial charge < -0.3 is 15.3 Å². The monoisotopic (exact) mass is 254 g/mol. The molecule has 2 aliphatic rings. The van der Waals surface area contributed by atoms with E-state index in [1.165, 1.54) is 12.8 Å². The molecule has 18 heavy (non-hydrogen) atoms. The fourth-order valence-electron chi connectivity index (χ4n) is 2.88. The van der Waals surface area contributed by atoms with E-state index < -0.39 is 5.97 Å². The molecule has 1 aliphatic heterocycles. The number of carbonyl (C=O) groups is 2. The first-order chi connectivity index (χ1) is 8.66. The summed E-state index contributed by atoms with van der Waals surface area (Å²) in [6, 6.07) is 0.481. The number of hydrogen-bond donors (Lipinski definition) is 2. The Morgan fingerprint density at radius 3 is 2.56 bits per heavy atom. The third-order valence-corrected chi connectivity index (χ3v) is 4.02. The van der Waals surface area contributed by atoms with Crippen LogP contribution in [0.15, 0.2) is 0 Å². The van der Waals surface area contributed by atoms with Gasteiger partial charge in [0.15, 0.2) is 0 Å². The van der Waals surface area contributed by atoms with Crippen LogP contribution in [0.25, 0.3) is 0 Å². The SMILES string of the molecule is O=C(O)C1CCCN(C(=O)CNC2CCCC2)C1. The molecule has 5 nitrogen and oxygen atoms in total. The van der Waals surface area contributed by atoms with Crippen molar-refractivity contribution < 1.29 is 14.7 Å². The summed E-state index contributed by atoms with van der Waals surface area (Å²) in [5.41, 5.74) is 0. The molecule has 0 bridgehead atoms. The highest BCUT2D eigenvalue weighted by Gasteiger charge is 2.28. The molecule has 0 aromatic rings. The van der Waals surface area contributed by atoms with Gasteiger partial charge in [0.2, 0.25) is 5.91 Å². The summed E-state index contributed by atoms with van der Waals surface area (Å²) in [6.45, 7) is 1.44. The normalized spacial score (nSPS) is 25.3. The van der Waals surface area contributed by atoms with Gasteiger partial charge >= 0.3 is 5.97 Å². The van der Waals surface area contributed by atoms with E-state index in [1.807, 2.05) is 0 Å². The molecule has 1 atom stereocenters. The van der Waals surface area contributed by atoms with Gasteiger partial charge in [-0.3, -0.25) is 9.59 Å². The molecule has 1 unspecified atom stereocenters. The summed E-state index contributed by atoms with van der Waals surface area (Å²) in [5, 5.41) is 12.3. The number of carbonyl (C=O) groups excluding carboxylic acids is 1. The third-order valence-electron chi connectivity index (χ3n) is 4.02. The summed E-state index contributed by atoms with van der Waals surface area (Å²) in [7, 11) is 0. The number of hydrogen-bond acceptors (Lipinski definition) is 3. The number of nitrogens with zero attached hydrogens (tertiary/aromatic N) is 1. The van der Waals surface area contributed by atoms with Crippen molar-refractivity contribution in [3.63, 3.8) is 0 Å². The van der Waals surface area contributed by atoms with Crippen LogP contribution in [-0.2, 0) is 9.59 Å². The van der Waals surface area contributed by atoms with Gasteiger partial charge in [-0.05, 0) is 25.7 Å². The van der Waals surface area contributed by atoms with Crippen molar-refractivity contribution in [3.8, 4) is 0 Å². The van der Waals surface area contributed by atoms with Crippen molar-refractivity contribution in [3.05, 3.63) is 0 Å². The minimum absolute atomic E-state index is 0.0489. The number of carboxylic acids is 1. The Balaban J connectivity index is 1.75. The van der Waals surface area contributed by atoms with Crippen LogP contribution in [0.5, 0.6) is 0 Å².